The van der Waals surface area contributed by atoms with Crippen LogP contribution in [0.5, 0.6) is 0 Å². The second-order valence-electron chi connectivity index (χ2n) is 6.28. The Labute approximate surface area is 155 Å². The molecule has 1 unspecified atom stereocenters. The maximum atomic E-state index is 12.8. The summed E-state index contributed by atoms with van der Waals surface area (Å²) in [5, 5.41) is 11.9. The summed E-state index contributed by atoms with van der Waals surface area (Å²) < 4.78 is 38.4. The van der Waals surface area contributed by atoms with E-state index >= 15 is 0 Å². The van der Waals surface area contributed by atoms with Crippen molar-refractivity contribution in [1.29, 1.82) is 0 Å². The molecular weight excluding hydrogens is 361 g/mol. The highest BCUT2D eigenvalue weighted by Crippen LogP contribution is 2.34. The molecule has 148 valence electrons. The minimum Gasteiger partial charge on any atom is -0.370 e. The maximum Gasteiger partial charge on any atom is 0.421 e. The maximum absolute atomic E-state index is 12.8. The molecule has 0 amide bonds. The van der Waals surface area contributed by atoms with Gasteiger partial charge in [0.1, 0.15) is 17.2 Å². The average Bonchev–Trinajstić information content (AvgIpc) is 3.16. The number of rotatable bonds is 4. The van der Waals surface area contributed by atoms with Gasteiger partial charge in [-0.05, 0) is 26.7 Å². The van der Waals surface area contributed by atoms with Crippen molar-refractivity contribution in [3.8, 4) is 0 Å². The topological polar surface area (TPSA) is 95.6 Å². The molecule has 2 aromatic rings. The summed E-state index contributed by atoms with van der Waals surface area (Å²) in [5.41, 5.74) is 0.444. The molecule has 0 radical (unpaired) electrons. The van der Waals surface area contributed by atoms with Gasteiger partial charge in [0.25, 0.3) is 0 Å². The van der Waals surface area contributed by atoms with Crippen molar-refractivity contribution in [2.75, 3.05) is 17.2 Å². The Hall–Kier alpha value is -2.65. The van der Waals surface area contributed by atoms with E-state index in [0.29, 0.717) is 23.9 Å². The van der Waals surface area contributed by atoms with Gasteiger partial charge in [0.2, 0.25) is 5.95 Å². The van der Waals surface area contributed by atoms with Gasteiger partial charge in [-0.1, -0.05) is 6.92 Å². The summed E-state index contributed by atoms with van der Waals surface area (Å²) in [6.07, 6.45) is 0.841. The van der Waals surface area contributed by atoms with Crippen LogP contribution in [0.2, 0.25) is 0 Å². The van der Waals surface area contributed by atoms with Crippen LogP contribution in [0.25, 0.3) is 0 Å². The van der Waals surface area contributed by atoms with Crippen LogP contribution < -0.4 is 10.6 Å². The Balaban J connectivity index is 0.000000313. The van der Waals surface area contributed by atoms with E-state index in [1.807, 2.05) is 6.92 Å². The first-order valence-electron chi connectivity index (χ1n) is 8.70. The van der Waals surface area contributed by atoms with Crippen LogP contribution in [0.1, 0.15) is 44.4 Å². The second kappa shape index (κ2) is 8.83. The van der Waals surface area contributed by atoms with Crippen molar-refractivity contribution in [2.24, 2.45) is 5.92 Å². The van der Waals surface area contributed by atoms with Gasteiger partial charge in [-0.2, -0.15) is 23.3 Å². The van der Waals surface area contributed by atoms with Gasteiger partial charge < -0.3 is 10.6 Å². The fourth-order valence-electron chi connectivity index (χ4n) is 2.54. The fraction of sp³-hybridized carbons (Fsp3) is 0.529. The number of hydrogen-bond donors (Lipinski definition) is 3. The number of anilines is 3. The smallest absolute Gasteiger partial charge is 0.370 e. The lowest BCUT2D eigenvalue weighted by molar-refractivity contribution is -0.137. The predicted octanol–water partition coefficient (Wildman–Crippen LogP) is 4.08. The summed E-state index contributed by atoms with van der Waals surface area (Å²) in [6.45, 7) is 5.79. The zero-order valence-corrected chi connectivity index (χ0v) is 15.4. The molecule has 3 rings (SSSR count). The number of carbonyl (C=O) groups excluding carboxylic acids is 1. The Morgan fingerprint density at radius 2 is 2.07 bits per heavy atom. The third-order valence-electron chi connectivity index (χ3n) is 4.12. The van der Waals surface area contributed by atoms with Crippen LogP contribution in [0, 0.1) is 12.8 Å². The highest BCUT2D eigenvalue weighted by molar-refractivity contribution is 5.82. The summed E-state index contributed by atoms with van der Waals surface area (Å²) >= 11 is 0. The Morgan fingerprint density at radius 1 is 1.33 bits per heavy atom. The molecule has 0 aromatic carbocycles. The van der Waals surface area contributed by atoms with Crippen LogP contribution >= 0.6 is 0 Å². The lowest BCUT2D eigenvalue weighted by Crippen LogP contribution is -2.14. The minimum absolute atomic E-state index is 0.0680. The van der Waals surface area contributed by atoms with E-state index in [1.165, 1.54) is 6.20 Å². The number of alkyl halides is 3. The SMILES string of the molecule is CC1CCCC1=O.CCNc1nc(Nc2cn[nH]c2C)ncc1C(F)(F)F. The van der Waals surface area contributed by atoms with Gasteiger partial charge >= 0.3 is 6.18 Å². The molecule has 1 aliphatic carbocycles. The lowest BCUT2D eigenvalue weighted by atomic mass is 10.1. The van der Waals surface area contributed by atoms with Crippen LogP contribution in [0.4, 0.5) is 30.6 Å². The average molecular weight is 384 g/mol. The standard InChI is InChI=1S/C11H13F3N6.C6H10O/c1-3-15-9-7(11(12,13)14)4-16-10(19-9)18-8-5-17-20-6(8)2;1-5-3-2-4-6(5)7/h4-5H,3H2,1-2H3,(H,17,20)(H2,15,16,18,19);5H,2-4H2,1H3. The summed E-state index contributed by atoms with van der Waals surface area (Å²) in [6, 6.07) is 0. The molecule has 7 nitrogen and oxygen atoms in total. The van der Waals surface area contributed by atoms with Crippen molar-refractivity contribution in [3.63, 3.8) is 0 Å². The molecule has 1 atom stereocenters. The molecule has 1 fully saturated rings. The first kappa shape index (κ1) is 20.7. The van der Waals surface area contributed by atoms with Crippen molar-refractivity contribution in [2.45, 2.75) is 46.2 Å². The Kier molecular flexibility index (Phi) is 6.75. The van der Waals surface area contributed by atoms with Crippen LogP contribution in [0.15, 0.2) is 12.4 Å². The summed E-state index contributed by atoms with van der Waals surface area (Å²) in [7, 11) is 0. The van der Waals surface area contributed by atoms with E-state index in [4.69, 9.17) is 0 Å². The normalized spacial score (nSPS) is 16.7. The molecule has 2 aromatic heterocycles. The molecule has 1 aliphatic rings. The van der Waals surface area contributed by atoms with Gasteiger partial charge in [-0.3, -0.25) is 9.89 Å². The number of carbonyl (C=O) groups is 1. The molecule has 3 N–H and O–H groups in total. The van der Waals surface area contributed by atoms with Gasteiger partial charge in [0.05, 0.1) is 17.6 Å². The number of nitrogens with one attached hydrogen (secondary N) is 3. The number of H-pyrrole nitrogens is 1. The zero-order chi connectivity index (χ0) is 20.0. The molecule has 1 saturated carbocycles. The van der Waals surface area contributed by atoms with E-state index in [9.17, 15) is 18.0 Å². The van der Waals surface area contributed by atoms with Gasteiger partial charge in [0.15, 0.2) is 0 Å². The number of aryl methyl sites for hydroxylation is 1. The Morgan fingerprint density at radius 3 is 2.52 bits per heavy atom. The molecule has 27 heavy (non-hydrogen) atoms. The lowest BCUT2D eigenvalue weighted by Gasteiger charge is -2.13. The Bertz CT molecular complexity index is 774. The van der Waals surface area contributed by atoms with Crippen molar-refractivity contribution in [1.82, 2.24) is 20.2 Å². The number of nitrogens with zero attached hydrogens (tertiary/aromatic N) is 3. The van der Waals surface area contributed by atoms with Crippen molar-refractivity contribution < 1.29 is 18.0 Å². The summed E-state index contributed by atoms with van der Waals surface area (Å²) in [5.74, 6) is 0.650. The zero-order valence-electron chi connectivity index (χ0n) is 15.4. The van der Waals surface area contributed by atoms with Crippen LogP contribution in [0.3, 0.4) is 0 Å². The second-order valence-corrected chi connectivity index (χ2v) is 6.28. The number of ketones is 1. The first-order chi connectivity index (χ1) is 12.7. The van der Waals surface area contributed by atoms with Gasteiger partial charge in [-0.25, -0.2) is 4.98 Å². The number of hydrogen-bond acceptors (Lipinski definition) is 6. The molecule has 0 spiro atoms. The van der Waals surface area contributed by atoms with Crippen LogP contribution in [-0.2, 0) is 11.0 Å². The molecule has 0 aliphatic heterocycles. The first-order valence-corrected chi connectivity index (χ1v) is 8.70. The monoisotopic (exact) mass is 384 g/mol. The highest BCUT2D eigenvalue weighted by Gasteiger charge is 2.35. The van der Waals surface area contributed by atoms with E-state index in [-0.39, 0.29) is 11.8 Å². The fourth-order valence-corrected chi connectivity index (χ4v) is 2.54. The van der Waals surface area contributed by atoms with Crippen molar-refractivity contribution >= 4 is 23.2 Å². The minimum atomic E-state index is -4.50. The quantitative estimate of drug-likeness (QED) is 0.735. The van der Waals surface area contributed by atoms with Crippen LogP contribution in [-0.4, -0.2) is 32.5 Å². The number of Topliss-reactive ketones (excluding diaryl/α,β-unsaturated/α-hetero) is 1. The molecule has 2 heterocycles. The number of halogens is 3. The van der Waals surface area contributed by atoms with Gasteiger partial charge in [0, 0.05) is 25.1 Å². The van der Waals surface area contributed by atoms with E-state index in [1.54, 1.807) is 13.8 Å². The molecular formula is C17H23F3N6O. The van der Waals surface area contributed by atoms with E-state index in [2.05, 4.69) is 30.8 Å². The molecule has 0 saturated heterocycles. The number of aromatic nitrogens is 4. The van der Waals surface area contributed by atoms with Gasteiger partial charge in [-0.15, -0.1) is 0 Å². The summed E-state index contributed by atoms with van der Waals surface area (Å²) in [4.78, 5) is 18.1. The largest absolute Gasteiger partial charge is 0.421 e. The van der Waals surface area contributed by atoms with E-state index < -0.39 is 11.7 Å². The third-order valence-corrected chi connectivity index (χ3v) is 4.12. The third kappa shape index (κ3) is 5.66. The predicted molar refractivity (Wildman–Crippen MR) is 95.8 cm³/mol. The van der Waals surface area contributed by atoms with Crippen molar-refractivity contribution in [3.05, 3.63) is 23.7 Å². The molecule has 0 bridgehead atoms. The van der Waals surface area contributed by atoms with E-state index in [0.717, 1.165) is 31.2 Å². The number of aromatic amines is 1. The highest BCUT2D eigenvalue weighted by atomic mass is 19.4. The molecule has 10 heteroatoms.